The molecule has 1 aliphatic heterocycles. The fraction of sp³-hybridized carbons (Fsp3) is 0.333. The molecule has 1 saturated heterocycles. The molecule has 1 aromatic carbocycles. The molecular formula is C24H25N. The molecule has 5 unspecified atom stereocenters. The second-order valence-electron chi connectivity index (χ2n) is 7.89. The van der Waals surface area contributed by atoms with Crippen LogP contribution >= 0.6 is 0 Å². The number of benzene rings is 1. The maximum absolute atomic E-state index is 2.73. The quantitative estimate of drug-likeness (QED) is 0.620. The van der Waals surface area contributed by atoms with Gasteiger partial charge in [0.2, 0.25) is 0 Å². The van der Waals surface area contributed by atoms with E-state index in [1.54, 1.807) is 5.57 Å². The Labute approximate surface area is 150 Å². The van der Waals surface area contributed by atoms with Crippen molar-refractivity contribution >= 4 is 5.69 Å². The summed E-state index contributed by atoms with van der Waals surface area (Å²) in [7, 11) is 0. The number of allylic oxidation sites excluding steroid dienone is 6. The Morgan fingerprint density at radius 1 is 1.00 bits per heavy atom. The highest BCUT2D eigenvalue weighted by molar-refractivity contribution is 5.59. The van der Waals surface area contributed by atoms with Crippen molar-refractivity contribution in [3.05, 3.63) is 89.6 Å². The van der Waals surface area contributed by atoms with Gasteiger partial charge < -0.3 is 4.90 Å². The van der Waals surface area contributed by atoms with Crippen LogP contribution in [0.1, 0.15) is 20.3 Å². The van der Waals surface area contributed by atoms with Gasteiger partial charge in [0.15, 0.2) is 0 Å². The van der Waals surface area contributed by atoms with Crippen LogP contribution in [0.2, 0.25) is 0 Å². The number of anilines is 1. The highest BCUT2D eigenvalue weighted by Gasteiger charge is 2.50. The van der Waals surface area contributed by atoms with Gasteiger partial charge in [0.05, 0.1) is 6.04 Å². The highest BCUT2D eigenvalue weighted by Crippen LogP contribution is 2.51. The minimum absolute atomic E-state index is 0.505. The molecule has 0 amide bonds. The molecule has 5 rings (SSSR count). The van der Waals surface area contributed by atoms with Crippen molar-refractivity contribution in [2.45, 2.75) is 32.4 Å². The van der Waals surface area contributed by atoms with Crippen molar-refractivity contribution in [3.63, 3.8) is 0 Å². The van der Waals surface area contributed by atoms with Gasteiger partial charge in [-0.05, 0) is 38.0 Å². The van der Waals surface area contributed by atoms with E-state index in [-0.39, 0.29) is 0 Å². The zero-order valence-corrected chi connectivity index (χ0v) is 15.0. The van der Waals surface area contributed by atoms with E-state index in [4.69, 9.17) is 0 Å². The average Bonchev–Trinajstić information content (AvgIpc) is 2.97. The summed E-state index contributed by atoms with van der Waals surface area (Å²) in [6, 6.07) is 12.1. The molecule has 0 N–H and O–H groups in total. The van der Waals surface area contributed by atoms with Crippen LogP contribution in [0.25, 0.3) is 0 Å². The van der Waals surface area contributed by atoms with Crippen molar-refractivity contribution < 1.29 is 0 Å². The largest absolute Gasteiger partial charge is 0.360 e. The van der Waals surface area contributed by atoms with Crippen LogP contribution in [0.15, 0.2) is 89.6 Å². The molecule has 0 radical (unpaired) electrons. The molecule has 0 bridgehead atoms. The Hall–Kier alpha value is -2.28. The molecule has 1 fully saturated rings. The lowest BCUT2D eigenvalue weighted by molar-refractivity contribution is 0.368. The third-order valence-corrected chi connectivity index (χ3v) is 6.40. The lowest BCUT2D eigenvalue weighted by Gasteiger charge is -2.43. The van der Waals surface area contributed by atoms with Crippen molar-refractivity contribution in [1.29, 1.82) is 0 Å². The molecule has 4 aliphatic rings. The molecule has 1 aromatic rings. The molecule has 1 nitrogen and oxygen atoms in total. The molecule has 5 atom stereocenters. The number of rotatable bonds is 1. The Bertz CT molecular complexity index is 836. The fourth-order valence-electron chi connectivity index (χ4n) is 5.47. The van der Waals surface area contributed by atoms with E-state index in [2.05, 4.69) is 91.6 Å². The van der Waals surface area contributed by atoms with E-state index in [9.17, 15) is 0 Å². The molecule has 1 heteroatoms. The molecule has 0 saturated carbocycles. The van der Waals surface area contributed by atoms with Crippen LogP contribution < -0.4 is 4.90 Å². The van der Waals surface area contributed by atoms with Crippen LogP contribution in [0.5, 0.6) is 0 Å². The van der Waals surface area contributed by atoms with Crippen LogP contribution in [0.3, 0.4) is 0 Å². The van der Waals surface area contributed by atoms with Gasteiger partial charge in [-0.2, -0.15) is 0 Å². The zero-order valence-electron chi connectivity index (χ0n) is 15.0. The van der Waals surface area contributed by atoms with Crippen molar-refractivity contribution in [3.8, 4) is 0 Å². The molecule has 1 heterocycles. The molecule has 126 valence electrons. The molecule has 25 heavy (non-hydrogen) atoms. The van der Waals surface area contributed by atoms with Gasteiger partial charge >= 0.3 is 0 Å². The second kappa shape index (κ2) is 5.62. The summed E-state index contributed by atoms with van der Waals surface area (Å²) < 4.78 is 0. The third-order valence-electron chi connectivity index (χ3n) is 6.40. The number of nitrogens with zero attached hydrogens (tertiary/aromatic N) is 1. The normalized spacial score (nSPS) is 35.4. The van der Waals surface area contributed by atoms with E-state index in [1.165, 1.54) is 16.8 Å². The van der Waals surface area contributed by atoms with Crippen molar-refractivity contribution in [1.82, 2.24) is 0 Å². The fourth-order valence-corrected chi connectivity index (χ4v) is 5.47. The van der Waals surface area contributed by atoms with Gasteiger partial charge in [0, 0.05) is 29.5 Å². The van der Waals surface area contributed by atoms with E-state index in [0.717, 1.165) is 6.42 Å². The van der Waals surface area contributed by atoms with Gasteiger partial charge in [-0.15, -0.1) is 0 Å². The van der Waals surface area contributed by atoms with E-state index < -0.39 is 0 Å². The first-order valence-electron chi connectivity index (χ1n) is 9.49. The van der Waals surface area contributed by atoms with Gasteiger partial charge in [-0.1, -0.05) is 71.9 Å². The van der Waals surface area contributed by atoms with E-state index in [0.29, 0.717) is 29.8 Å². The standard InChI is InChI=1S/C24H25N/c1-16-14-17(2)19-12-13-21-20-10-6-7-11-23(20)25(24(21)22(19)15-16)18-8-4-3-5-9-18/h3-10,12-15,19,21-24H,11H2,1-2H3. The van der Waals surface area contributed by atoms with E-state index >= 15 is 0 Å². The summed E-state index contributed by atoms with van der Waals surface area (Å²) in [5.41, 5.74) is 5.90. The van der Waals surface area contributed by atoms with Crippen LogP contribution in [0, 0.1) is 17.8 Å². The average molecular weight is 327 g/mol. The van der Waals surface area contributed by atoms with Crippen molar-refractivity contribution in [2.75, 3.05) is 4.90 Å². The Balaban J connectivity index is 1.66. The minimum atomic E-state index is 0.505. The maximum atomic E-state index is 2.73. The van der Waals surface area contributed by atoms with Crippen LogP contribution in [-0.4, -0.2) is 12.1 Å². The Morgan fingerprint density at radius 2 is 1.80 bits per heavy atom. The molecular weight excluding hydrogens is 302 g/mol. The minimum Gasteiger partial charge on any atom is -0.360 e. The summed E-state index contributed by atoms with van der Waals surface area (Å²) in [4.78, 5) is 2.73. The first-order valence-corrected chi connectivity index (χ1v) is 9.49. The zero-order chi connectivity index (χ0) is 17.0. The third kappa shape index (κ3) is 2.22. The lowest BCUT2D eigenvalue weighted by Crippen LogP contribution is -2.46. The predicted octanol–water partition coefficient (Wildman–Crippen LogP) is 5.45. The summed E-state index contributed by atoms with van der Waals surface area (Å²) in [6.45, 7) is 4.55. The number of para-hydroxylation sites is 1. The Morgan fingerprint density at radius 3 is 2.64 bits per heavy atom. The SMILES string of the molecule is CC1=CC2C(C=CC3C4=CC=CCC4N(c4ccccc4)C32)C(C)=C1. The van der Waals surface area contributed by atoms with Gasteiger partial charge in [-0.25, -0.2) is 0 Å². The lowest BCUT2D eigenvalue weighted by atomic mass is 9.69. The topological polar surface area (TPSA) is 3.24 Å². The smallest absolute Gasteiger partial charge is 0.0550 e. The van der Waals surface area contributed by atoms with Gasteiger partial charge in [0.1, 0.15) is 0 Å². The predicted molar refractivity (Wildman–Crippen MR) is 105 cm³/mol. The molecule has 0 spiro atoms. The summed E-state index contributed by atoms with van der Waals surface area (Å²) in [5.74, 6) is 1.64. The molecule has 0 aromatic heterocycles. The first-order chi connectivity index (χ1) is 12.2. The summed E-state index contributed by atoms with van der Waals surface area (Å²) in [6.07, 6.45) is 17.9. The van der Waals surface area contributed by atoms with Crippen LogP contribution in [-0.2, 0) is 0 Å². The summed E-state index contributed by atoms with van der Waals surface area (Å²) in [5, 5.41) is 0. The highest BCUT2D eigenvalue weighted by atomic mass is 15.2. The number of fused-ring (bicyclic) bond motifs is 5. The number of hydrogen-bond acceptors (Lipinski definition) is 1. The molecule has 3 aliphatic carbocycles. The van der Waals surface area contributed by atoms with Crippen molar-refractivity contribution in [2.24, 2.45) is 17.8 Å². The second-order valence-corrected chi connectivity index (χ2v) is 7.89. The number of hydrogen-bond donors (Lipinski definition) is 0. The van der Waals surface area contributed by atoms with Crippen LogP contribution in [0.4, 0.5) is 5.69 Å². The summed E-state index contributed by atoms with van der Waals surface area (Å²) >= 11 is 0. The monoisotopic (exact) mass is 327 g/mol. The first kappa shape index (κ1) is 15.0. The van der Waals surface area contributed by atoms with Gasteiger partial charge in [-0.3, -0.25) is 0 Å². The van der Waals surface area contributed by atoms with E-state index in [1.807, 2.05) is 0 Å². The maximum Gasteiger partial charge on any atom is 0.0550 e. The Kier molecular flexibility index (Phi) is 3.38. The van der Waals surface area contributed by atoms with Gasteiger partial charge in [0.25, 0.3) is 0 Å².